The van der Waals surface area contributed by atoms with Crippen molar-refractivity contribution >= 4 is 46.3 Å². The van der Waals surface area contributed by atoms with Crippen molar-refractivity contribution in [1.82, 2.24) is 4.57 Å². The quantitative estimate of drug-likeness (QED) is 0.421. The fraction of sp³-hybridized carbons (Fsp3) is 0.167. The number of nitrogens with zero attached hydrogens (tertiary/aromatic N) is 2. The van der Waals surface area contributed by atoms with Crippen LogP contribution in [0.4, 0.5) is 10.5 Å². The second kappa shape index (κ2) is 8.65. The van der Waals surface area contributed by atoms with E-state index in [-0.39, 0.29) is 11.1 Å². The van der Waals surface area contributed by atoms with Crippen molar-refractivity contribution in [2.45, 2.75) is 20.8 Å². The molecule has 1 aromatic heterocycles. The Bertz CT molecular complexity index is 1200. The Morgan fingerprint density at radius 2 is 1.77 bits per heavy atom. The number of carbonyl (C=O) groups is 2. The Hall–Kier alpha value is -2.96. The van der Waals surface area contributed by atoms with E-state index in [0.717, 1.165) is 45.1 Å². The predicted octanol–water partition coefficient (Wildman–Crippen LogP) is 6.39. The van der Waals surface area contributed by atoms with E-state index in [4.69, 9.17) is 16.3 Å². The van der Waals surface area contributed by atoms with Crippen LogP contribution >= 0.6 is 23.4 Å². The molecule has 0 bridgehead atoms. The zero-order valence-electron chi connectivity index (χ0n) is 17.4. The van der Waals surface area contributed by atoms with Gasteiger partial charge in [-0.05, 0) is 92.7 Å². The molecular formula is C24H21ClN2O3S. The lowest BCUT2D eigenvalue weighted by atomic mass is 10.2. The maximum Gasteiger partial charge on any atom is 0.298 e. The number of imide groups is 1. The molecule has 2 amide bonds. The van der Waals surface area contributed by atoms with Crippen molar-refractivity contribution in [1.29, 1.82) is 0 Å². The highest BCUT2D eigenvalue weighted by Gasteiger charge is 2.36. The zero-order valence-corrected chi connectivity index (χ0v) is 19.0. The van der Waals surface area contributed by atoms with E-state index in [1.165, 1.54) is 0 Å². The summed E-state index contributed by atoms with van der Waals surface area (Å²) in [5.74, 6) is 0.478. The molecule has 7 heteroatoms. The molecule has 4 rings (SSSR count). The molecule has 0 N–H and O–H groups in total. The van der Waals surface area contributed by atoms with Gasteiger partial charge in [0.2, 0.25) is 0 Å². The summed E-state index contributed by atoms with van der Waals surface area (Å²) < 4.78 is 7.64. The number of benzene rings is 2. The van der Waals surface area contributed by atoms with Gasteiger partial charge in [0.05, 0.1) is 17.2 Å². The third kappa shape index (κ3) is 4.13. The van der Waals surface area contributed by atoms with Gasteiger partial charge in [0, 0.05) is 22.1 Å². The number of halogens is 1. The van der Waals surface area contributed by atoms with Gasteiger partial charge in [0.1, 0.15) is 5.75 Å². The summed E-state index contributed by atoms with van der Waals surface area (Å²) in [7, 11) is 0. The standard InChI is InChI=1S/C24H21ClN2O3S/c1-4-30-21-10-8-19(9-11-21)26-15(2)12-17(16(26)3)13-22-23(28)27(24(29)31-22)20-7-5-6-18(25)14-20/h5-14H,4H2,1-3H3/b22-13+. The number of carbonyl (C=O) groups excluding carboxylic acids is 2. The maximum atomic E-state index is 13.0. The van der Waals surface area contributed by atoms with E-state index >= 15 is 0 Å². The molecule has 158 valence electrons. The molecule has 3 aromatic rings. The summed E-state index contributed by atoms with van der Waals surface area (Å²) in [5.41, 5.74) is 4.38. The maximum absolute atomic E-state index is 13.0. The third-order valence-corrected chi connectivity index (χ3v) is 6.13. The lowest BCUT2D eigenvalue weighted by Crippen LogP contribution is -2.27. The second-order valence-corrected chi connectivity index (χ2v) is 8.52. The summed E-state index contributed by atoms with van der Waals surface area (Å²) in [4.78, 5) is 27.0. The first-order chi connectivity index (χ1) is 14.9. The topological polar surface area (TPSA) is 51.5 Å². The number of ether oxygens (including phenoxy) is 1. The Morgan fingerprint density at radius 1 is 1.03 bits per heavy atom. The van der Waals surface area contributed by atoms with Gasteiger partial charge >= 0.3 is 0 Å². The van der Waals surface area contributed by atoms with Crippen LogP contribution in [0, 0.1) is 13.8 Å². The normalized spacial score (nSPS) is 15.2. The fourth-order valence-corrected chi connectivity index (χ4v) is 4.65. The van der Waals surface area contributed by atoms with Gasteiger partial charge in [0.25, 0.3) is 11.1 Å². The summed E-state index contributed by atoms with van der Waals surface area (Å²) >= 11 is 6.96. The molecule has 0 unspecified atom stereocenters. The summed E-state index contributed by atoms with van der Waals surface area (Å²) in [6.07, 6.45) is 1.78. The largest absolute Gasteiger partial charge is 0.494 e. The molecule has 0 radical (unpaired) electrons. The van der Waals surface area contributed by atoms with Crippen molar-refractivity contribution in [3.63, 3.8) is 0 Å². The monoisotopic (exact) mass is 452 g/mol. The van der Waals surface area contributed by atoms with E-state index in [0.29, 0.717) is 22.2 Å². The van der Waals surface area contributed by atoms with Gasteiger partial charge in [-0.2, -0.15) is 0 Å². The molecule has 1 aliphatic heterocycles. The summed E-state index contributed by atoms with van der Waals surface area (Å²) in [6.45, 7) is 6.58. The average molecular weight is 453 g/mol. The minimum Gasteiger partial charge on any atom is -0.494 e. The van der Waals surface area contributed by atoms with E-state index in [2.05, 4.69) is 4.57 Å². The molecule has 0 aliphatic carbocycles. The smallest absolute Gasteiger partial charge is 0.298 e. The van der Waals surface area contributed by atoms with Crippen LogP contribution in [-0.4, -0.2) is 22.3 Å². The van der Waals surface area contributed by atoms with E-state index < -0.39 is 0 Å². The highest BCUT2D eigenvalue weighted by atomic mass is 35.5. The molecule has 0 atom stereocenters. The van der Waals surface area contributed by atoms with Crippen LogP contribution in [0.3, 0.4) is 0 Å². The SMILES string of the molecule is CCOc1ccc(-n2c(C)cc(/C=C3/SC(=O)N(c4cccc(Cl)c4)C3=O)c2C)cc1. The van der Waals surface area contributed by atoms with Crippen LogP contribution in [0.15, 0.2) is 59.5 Å². The molecule has 1 aliphatic rings. The van der Waals surface area contributed by atoms with E-state index in [9.17, 15) is 9.59 Å². The minimum atomic E-state index is -0.344. The molecule has 2 heterocycles. The lowest BCUT2D eigenvalue weighted by Gasteiger charge is -2.12. The molecular weight excluding hydrogens is 432 g/mol. The van der Waals surface area contributed by atoms with Crippen LogP contribution in [0.5, 0.6) is 5.75 Å². The number of hydrogen-bond acceptors (Lipinski definition) is 4. The number of anilines is 1. The van der Waals surface area contributed by atoms with Gasteiger partial charge in [-0.25, -0.2) is 4.90 Å². The van der Waals surface area contributed by atoms with E-state index in [1.807, 2.05) is 51.1 Å². The molecule has 1 saturated heterocycles. The number of amides is 2. The van der Waals surface area contributed by atoms with Gasteiger partial charge in [-0.15, -0.1) is 0 Å². The zero-order chi connectivity index (χ0) is 22.1. The molecule has 0 saturated carbocycles. The Morgan fingerprint density at radius 3 is 2.45 bits per heavy atom. The third-order valence-electron chi connectivity index (χ3n) is 5.02. The minimum absolute atomic E-state index is 0.334. The van der Waals surface area contributed by atoms with Crippen molar-refractivity contribution in [3.05, 3.63) is 81.5 Å². The van der Waals surface area contributed by atoms with Crippen LogP contribution in [0.2, 0.25) is 5.02 Å². The highest BCUT2D eigenvalue weighted by molar-refractivity contribution is 8.19. The van der Waals surface area contributed by atoms with Crippen molar-refractivity contribution < 1.29 is 14.3 Å². The fourth-order valence-electron chi connectivity index (χ4n) is 3.64. The van der Waals surface area contributed by atoms with Gasteiger partial charge in [0.15, 0.2) is 0 Å². The van der Waals surface area contributed by atoms with Crippen LogP contribution in [0.25, 0.3) is 11.8 Å². The van der Waals surface area contributed by atoms with Crippen molar-refractivity contribution in [2.24, 2.45) is 0 Å². The summed E-state index contributed by atoms with van der Waals surface area (Å²) in [5, 5.41) is 0.137. The van der Waals surface area contributed by atoms with Crippen molar-refractivity contribution in [3.8, 4) is 11.4 Å². The predicted molar refractivity (Wildman–Crippen MR) is 126 cm³/mol. The first-order valence-electron chi connectivity index (χ1n) is 9.84. The Kier molecular flexibility index (Phi) is 5.94. The van der Waals surface area contributed by atoms with E-state index in [1.54, 1.807) is 30.3 Å². The molecule has 31 heavy (non-hydrogen) atoms. The lowest BCUT2D eigenvalue weighted by molar-refractivity contribution is -0.113. The number of thioether (sulfide) groups is 1. The van der Waals surface area contributed by atoms with Gasteiger partial charge < -0.3 is 9.30 Å². The molecule has 2 aromatic carbocycles. The Labute approximate surface area is 190 Å². The average Bonchev–Trinajstić information content (AvgIpc) is 3.17. The van der Waals surface area contributed by atoms with Crippen LogP contribution in [-0.2, 0) is 4.79 Å². The Balaban J connectivity index is 1.66. The van der Waals surface area contributed by atoms with Crippen molar-refractivity contribution in [2.75, 3.05) is 11.5 Å². The molecule has 0 spiro atoms. The van der Waals surface area contributed by atoms with Crippen LogP contribution in [0.1, 0.15) is 23.9 Å². The van der Waals surface area contributed by atoms with Crippen LogP contribution < -0.4 is 9.64 Å². The van der Waals surface area contributed by atoms with Gasteiger partial charge in [-0.3, -0.25) is 9.59 Å². The number of aryl methyl sites for hydroxylation is 1. The number of aromatic nitrogens is 1. The first kappa shape index (κ1) is 21.3. The highest BCUT2D eigenvalue weighted by Crippen LogP contribution is 2.37. The molecule has 5 nitrogen and oxygen atoms in total. The summed E-state index contributed by atoms with van der Waals surface area (Å²) in [6, 6.07) is 16.6. The molecule has 1 fully saturated rings. The number of hydrogen-bond donors (Lipinski definition) is 0. The first-order valence-corrected chi connectivity index (χ1v) is 11.0. The number of rotatable bonds is 5. The second-order valence-electron chi connectivity index (χ2n) is 7.09. The van der Waals surface area contributed by atoms with Gasteiger partial charge in [-0.1, -0.05) is 17.7 Å².